The van der Waals surface area contributed by atoms with E-state index in [0.29, 0.717) is 9.23 Å². The van der Waals surface area contributed by atoms with Gasteiger partial charge in [-0.2, -0.15) is 0 Å². The molecule has 1 amide bonds. The van der Waals surface area contributed by atoms with Crippen molar-refractivity contribution in [1.82, 2.24) is 4.57 Å². The fourth-order valence-corrected chi connectivity index (χ4v) is 6.50. The number of carbonyl (C=O) groups excluding carboxylic acids is 1. The van der Waals surface area contributed by atoms with Crippen molar-refractivity contribution >= 4 is 67.6 Å². The molecule has 0 spiro atoms. The van der Waals surface area contributed by atoms with Crippen LogP contribution in [0.5, 0.6) is 0 Å². The molecule has 182 valence electrons. The molecule has 1 aromatic heterocycles. The Bertz CT molecular complexity index is 1760. The quantitative estimate of drug-likeness (QED) is 0.177. The number of benzene rings is 4. The molecular formula is C32H26N2OS2. The molecule has 0 N–H and O–H groups in total. The Labute approximate surface area is 226 Å². The third-order valence-electron chi connectivity index (χ3n) is 7.16. The van der Waals surface area contributed by atoms with Crippen molar-refractivity contribution in [3.05, 3.63) is 118 Å². The van der Waals surface area contributed by atoms with Crippen LogP contribution in [0, 0.1) is 20.8 Å². The smallest absolute Gasteiger partial charge is 0.270 e. The van der Waals surface area contributed by atoms with Gasteiger partial charge in [0.1, 0.15) is 0 Å². The molecule has 1 fully saturated rings. The van der Waals surface area contributed by atoms with Gasteiger partial charge in [-0.25, -0.2) is 0 Å². The van der Waals surface area contributed by atoms with Crippen molar-refractivity contribution in [1.29, 1.82) is 0 Å². The van der Waals surface area contributed by atoms with Crippen LogP contribution in [0.3, 0.4) is 0 Å². The van der Waals surface area contributed by atoms with E-state index < -0.39 is 0 Å². The van der Waals surface area contributed by atoms with Gasteiger partial charge in [-0.3, -0.25) is 9.69 Å². The highest BCUT2D eigenvalue weighted by molar-refractivity contribution is 8.27. The summed E-state index contributed by atoms with van der Waals surface area (Å²) < 4.78 is 2.93. The number of amides is 1. The molecule has 37 heavy (non-hydrogen) atoms. The van der Waals surface area contributed by atoms with Gasteiger partial charge in [-0.05, 0) is 66.9 Å². The van der Waals surface area contributed by atoms with Crippen LogP contribution < -0.4 is 4.90 Å². The molecule has 0 unspecified atom stereocenters. The van der Waals surface area contributed by atoms with Crippen molar-refractivity contribution in [3.8, 4) is 0 Å². The summed E-state index contributed by atoms with van der Waals surface area (Å²) in [5.41, 5.74) is 7.71. The topological polar surface area (TPSA) is 25.2 Å². The van der Waals surface area contributed by atoms with Crippen molar-refractivity contribution in [2.45, 2.75) is 27.3 Å². The van der Waals surface area contributed by atoms with Gasteiger partial charge >= 0.3 is 0 Å². The summed E-state index contributed by atoms with van der Waals surface area (Å²) in [5, 5.41) is 3.66. The molecule has 0 aliphatic carbocycles. The standard InChI is InChI=1S/C32H26N2OS2/c1-20-15-16-29-27(17-20)26(18-30-31(35)34(32(36)37-30)28-14-7-4-9-21(28)2)22(3)33(29)19-24-12-8-11-23-10-5-6-13-25(23)24/h4-18H,19H2,1-3H3. The Morgan fingerprint density at radius 2 is 1.62 bits per heavy atom. The number of thioether (sulfide) groups is 1. The second-order valence-electron chi connectivity index (χ2n) is 9.55. The predicted molar refractivity (Wildman–Crippen MR) is 161 cm³/mol. The lowest BCUT2D eigenvalue weighted by atomic mass is 10.0. The highest BCUT2D eigenvalue weighted by atomic mass is 32.2. The number of thiocarbonyl (C=S) groups is 1. The van der Waals surface area contributed by atoms with Gasteiger partial charge in [-0.15, -0.1) is 0 Å². The van der Waals surface area contributed by atoms with Crippen LogP contribution in [0.2, 0.25) is 0 Å². The number of aromatic nitrogens is 1. The summed E-state index contributed by atoms with van der Waals surface area (Å²) in [4.78, 5) is 15.9. The average Bonchev–Trinajstić information content (AvgIpc) is 3.31. The molecule has 1 saturated heterocycles. The van der Waals surface area contributed by atoms with E-state index in [1.807, 2.05) is 37.3 Å². The molecule has 1 aliphatic heterocycles. The zero-order chi connectivity index (χ0) is 25.7. The maximum absolute atomic E-state index is 13.6. The predicted octanol–water partition coefficient (Wildman–Crippen LogP) is 8.17. The Balaban J connectivity index is 1.47. The minimum Gasteiger partial charge on any atom is -0.340 e. The van der Waals surface area contributed by atoms with Crippen molar-refractivity contribution < 1.29 is 4.79 Å². The van der Waals surface area contributed by atoms with E-state index in [0.717, 1.165) is 40.0 Å². The minimum absolute atomic E-state index is 0.0636. The molecule has 2 heterocycles. The lowest BCUT2D eigenvalue weighted by Gasteiger charge is -2.16. The van der Waals surface area contributed by atoms with Crippen molar-refractivity contribution in [2.75, 3.05) is 4.90 Å². The summed E-state index contributed by atoms with van der Waals surface area (Å²) in [6.07, 6.45) is 2.04. The van der Waals surface area contributed by atoms with E-state index in [1.165, 1.54) is 33.7 Å². The number of aryl methyl sites for hydroxylation is 2. The van der Waals surface area contributed by atoms with Crippen LogP contribution in [0.1, 0.15) is 27.9 Å². The fraction of sp³-hybridized carbons (Fsp3) is 0.125. The van der Waals surface area contributed by atoms with Gasteiger partial charge in [-0.1, -0.05) is 96.3 Å². The molecule has 0 bridgehead atoms. The van der Waals surface area contributed by atoms with Crippen LogP contribution in [0.25, 0.3) is 27.8 Å². The number of carbonyl (C=O) groups is 1. The van der Waals surface area contributed by atoms with Gasteiger partial charge in [0.15, 0.2) is 4.32 Å². The second-order valence-corrected chi connectivity index (χ2v) is 11.2. The lowest BCUT2D eigenvalue weighted by Crippen LogP contribution is -2.28. The van der Waals surface area contributed by atoms with E-state index in [9.17, 15) is 4.79 Å². The van der Waals surface area contributed by atoms with Gasteiger partial charge in [0.25, 0.3) is 5.91 Å². The molecule has 3 nitrogen and oxygen atoms in total. The zero-order valence-corrected chi connectivity index (χ0v) is 22.6. The summed E-state index contributed by atoms with van der Waals surface area (Å²) in [7, 11) is 0. The van der Waals surface area contributed by atoms with Crippen molar-refractivity contribution in [2.24, 2.45) is 0 Å². The van der Waals surface area contributed by atoms with Crippen LogP contribution in [-0.2, 0) is 11.3 Å². The molecule has 5 heteroatoms. The second kappa shape index (κ2) is 9.33. The van der Waals surface area contributed by atoms with Crippen LogP contribution in [-0.4, -0.2) is 14.8 Å². The van der Waals surface area contributed by atoms with Gasteiger partial charge in [0.2, 0.25) is 0 Å². The Morgan fingerprint density at radius 1 is 0.865 bits per heavy atom. The Hall–Kier alpha value is -3.67. The Kier molecular flexibility index (Phi) is 5.98. The number of fused-ring (bicyclic) bond motifs is 2. The minimum atomic E-state index is -0.0636. The van der Waals surface area contributed by atoms with E-state index in [2.05, 4.69) is 79.1 Å². The van der Waals surface area contributed by atoms with Gasteiger partial charge in [0, 0.05) is 28.7 Å². The summed E-state index contributed by atoms with van der Waals surface area (Å²) in [6.45, 7) is 7.02. The normalized spacial score (nSPS) is 15.0. The maximum atomic E-state index is 13.6. The Morgan fingerprint density at radius 3 is 2.46 bits per heavy atom. The van der Waals surface area contributed by atoms with E-state index in [4.69, 9.17) is 12.2 Å². The maximum Gasteiger partial charge on any atom is 0.270 e. The fourth-order valence-electron chi connectivity index (χ4n) is 5.23. The third kappa shape index (κ3) is 4.08. The average molecular weight is 519 g/mol. The highest BCUT2D eigenvalue weighted by Gasteiger charge is 2.34. The monoisotopic (exact) mass is 518 g/mol. The van der Waals surface area contributed by atoms with Crippen LogP contribution in [0.15, 0.2) is 89.8 Å². The molecular weight excluding hydrogens is 492 g/mol. The first-order valence-corrected chi connectivity index (χ1v) is 13.5. The largest absolute Gasteiger partial charge is 0.340 e. The molecule has 4 aromatic carbocycles. The van der Waals surface area contributed by atoms with Crippen molar-refractivity contribution in [3.63, 3.8) is 0 Å². The number of anilines is 1. The molecule has 0 radical (unpaired) electrons. The highest BCUT2D eigenvalue weighted by Crippen LogP contribution is 2.39. The molecule has 0 atom stereocenters. The van der Waals surface area contributed by atoms with Gasteiger partial charge in [0.05, 0.1) is 10.6 Å². The van der Waals surface area contributed by atoms with E-state index >= 15 is 0 Å². The summed E-state index contributed by atoms with van der Waals surface area (Å²) >= 11 is 7.04. The lowest BCUT2D eigenvalue weighted by molar-refractivity contribution is -0.113. The molecule has 0 saturated carbocycles. The summed E-state index contributed by atoms with van der Waals surface area (Å²) in [6, 6.07) is 29.4. The zero-order valence-electron chi connectivity index (χ0n) is 21.0. The number of hydrogen-bond donors (Lipinski definition) is 0. The number of rotatable bonds is 4. The molecule has 5 aromatic rings. The van der Waals surface area contributed by atoms with E-state index in [1.54, 1.807) is 4.90 Å². The molecule has 1 aliphatic rings. The first-order chi connectivity index (χ1) is 17.9. The number of hydrogen-bond acceptors (Lipinski definition) is 3. The first-order valence-electron chi connectivity index (χ1n) is 12.3. The number of para-hydroxylation sites is 1. The number of nitrogens with zero attached hydrogens (tertiary/aromatic N) is 2. The van der Waals surface area contributed by atoms with Crippen LogP contribution in [0.4, 0.5) is 5.69 Å². The third-order valence-corrected chi connectivity index (χ3v) is 8.46. The van der Waals surface area contributed by atoms with Crippen LogP contribution >= 0.6 is 24.0 Å². The van der Waals surface area contributed by atoms with Gasteiger partial charge < -0.3 is 4.57 Å². The first kappa shape index (κ1) is 23.7. The van der Waals surface area contributed by atoms with E-state index in [-0.39, 0.29) is 5.91 Å². The summed E-state index contributed by atoms with van der Waals surface area (Å²) in [5.74, 6) is -0.0636. The molecule has 6 rings (SSSR count). The SMILES string of the molecule is Cc1ccc2c(c1)c(C=C1SC(=S)N(c3ccccc3C)C1=O)c(C)n2Cc1cccc2ccccc12.